The van der Waals surface area contributed by atoms with Crippen molar-refractivity contribution in [3.05, 3.63) is 76.6 Å². The fourth-order valence-corrected chi connectivity index (χ4v) is 2.69. The lowest BCUT2D eigenvalue weighted by atomic mass is 10.2. The third kappa shape index (κ3) is 3.17. The van der Waals surface area contributed by atoms with Crippen LogP contribution in [0.4, 0.5) is 0 Å². The van der Waals surface area contributed by atoms with E-state index in [9.17, 15) is 9.59 Å². The molecule has 0 amide bonds. The maximum absolute atomic E-state index is 12.7. The molecular formula is C18H14N6O3. The third-order valence-electron chi connectivity index (χ3n) is 4.02. The van der Waals surface area contributed by atoms with Crippen LogP contribution in [0.25, 0.3) is 16.6 Å². The van der Waals surface area contributed by atoms with Crippen molar-refractivity contribution < 1.29 is 9.53 Å². The molecule has 4 aromatic rings. The van der Waals surface area contributed by atoms with Crippen molar-refractivity contribution in [1.82, 2.24) is 30.2 Å². The average molecular weight is 362 g/mol. The van der Waals surface area contributed by atoms with Gasteiger partial charge in [-0.1, -0.05) is 24.3 Å². The van der Waals surface area contributed by atoms with Crippen LogP contribution >= 0.6 is 0 Å². The molecule has 1 N–H and O–H groups in total. The topological polar surface area (TPSA) is 116 Å². The molecule has 0 fully saturated rings. The quantitative estimate of drug-likeness (QED) is 0.550. The van der Waals surface area contributed by atoms with E-state index in [2.05, 4.69) is 25.5 Å². The van der Waals surface area contributed by atoms with E-state index in [4.69, 9.17) is 4.74 Å². The molecule has 0 bridgehead atoms. The average Bonchev–Trinajstić information content (AvgIpc) is 3.22. The van der Waals surface area contributed by atoms with Crippen molar-refractivity contribution in [3.8, 4) is 5.69 Å². The van der Waals surface area contributed by atoms with Gasteiger partial charge in [-0.15, -0.1) is 5.10 Å². The molecule has 9 nitrogen and oxygen atoms in total. The number of tetrazole rings is 1. The molecule has 0 spiro atoms. The lowest BCUT2D eigenvalue weighted by molar-refractivity contribution is 0.0320. The first kappa shape index (κ1) is 16.6. The first-order valence-electron chi connectivity index (χ1n) is 8.16. The van der Waals surface area contributed by atoms with E-state index in [0.717, 1.165) is 0 Å². The highest BCUT2D eigenvalue weighted by molar-refractivity contribution is 5.93. The van der Waals surface area contributed by atoms with Gasteiger partial charge in [0, 0.05) is 0 Å². The van der Waals surface area contributed by atoms with Gasteiger partial charge in [-0.3, -0.25) is 4.79 Å². The van der Waals surface area contributed by atoms with Crippen molar-refractivity contribution in [3.63, 3.8) is 0 Å². The standard InChI is InChI=1S/C18H14N6O3/c1-11(16-20-14-8-4-2-6-12(14)17(25)21-16)27-18(26)13-7-3-5-9-15(13)24-10-19-22-23-24/h2-11H,1H3,(H,20,21,25)/t11-/m0/s1. The minimum absolute atomic E-state index is 0.270. The molecule has 134 valence electrons. The first-order valence-corrected chi connectivity index (χ1v) is 8.16. The van der Waals surface area contributed by atoms with E-state index in [-0.39, 0.29) is 11.4 Å². The Bertz CT molecular complexity index is 1170. The maximum atomic E-state index is 12.7. The zero-order valence-corrected chi connectivity index (χ0v) is 14.2. The summed E-state index contributed by atoms with van der Waals surface area (Å²) in [5.41, 5.74) is 1.03. The highest BCUT2D eigenvalue weighted by Crippen LogP contribution is 2.19. The summed E-state index contributed by atoms with van der Waals surface area (Å²) in [6, 6.07) is 13.8. The van der Waals surface area contributed by atoms with E-state index in [1.54, 1.807) is 55.5 Å². The van der Waals surface area contributed by atoms with Crippen LogP contribution in [0.2, 0.25) is 0 Å². The Balaban J connectivity index is 1.64. The van der Waals surface area contributed by atoms with Crippen LogP contribution in [-0.4, -0.2) is 36.1 Å². The number of esters is 1. The summed E-state index contributed by atoms with van der Waals surface area (Å²) in [4.78, 5) is 31.9. The molecule has 0 aliphatic carbocycles. The second-order valence-corrected chi connectivity index (χ2v) is 5.79. The third-order valence-corrected chi connectivity index (χ3v) is 4.02. The van der Waals surface area contributed by atoms with Crippen molar-refractivity contribution >= 4 is 16.9 Å². The SMILES string of the molecule is C[C@H](OC(=O)c1ccccc1-n1cnnn1)c1nc2ccccc2c(=O)[nH]1. The summed E-state index contributed by atoms with van der Waals surface area (Å²) in [7, 11) is 0. The van der Waals surface area contributed by atoms with E-state index in [1.165, 1.54) is 11.0 Å². The number of nitrogens with one attached hydrogen (secondary N) is 1. The Kier molecular flexibility index (Phi) is 4.17. The minimum Gasteiger partial charge on any atom is -0.451 e. The van der Waals surface area contributed by atoms with Crippen LogP contribution in [0.3, 0.4) is 0 Å². The van der Waals surface area contributed by atoms with Gasteiger partial charge in [-0.25, -0.2) is 9.78 Å². The summed E-state index contributed by atoms with van der Waals surface area (Å²) in [5, 5.41) is 11.4. The Labute approximate surface area is 152 Å². The van der Waals surface area contributed by atoms with Crippen molar-refractivity contribution in [1.29, 1.82) is 0 Å². The summed E-state index contributed by atoms with van der Waals surface area (Å²) >= 11 is 0. The van der Waals surface area contributed by atoms with Gasteiger partial charge in [-0.2, -0.15) is 4.68 Å². The van der Waals surface area contributed by atoms with Gasteiger partial charge in [0.25, 0.3) is 5.56 Å². The first-order chi connectivity index (χ1) is 13.1. The Morgan fingerprint density at radius 2 is 1.93 bits per heavy atom. The number of para-hydroxylation sites is 2. The number of rotatable bonds is 4. The number of hydrogen-bond acceptors (Lipinski definition) is 7. The van der Waals surface area contributed by atoms with Crippen LogP contribution in [0.5, 0.6) is 0 Å². The molecule has 0 unspecified atom stereocenters. The lowest BCUT2D eigenvalue weighted by Crippen LogP contribution is -2.18. The number of ether oxygens (including phenoxy) is 1. The molecule has 0 radical (unpaired) electrons. The summed E-state index contributed by atoms with van der Waals surface area (Å²) < 4.78 is 6.88. The van der Waals surface area contributed by atoms with Gasteiger partial charge >= 0.3 is 5.97 Å². The van der Waals surface area contributed by atoms with Gasteiger partial charge in [0.05, 0.1) is 22.2 Å². The van der Waals surface area contributed by atoms with Crippen LogP contribution in [0.15, 0.2) is 59.7 Å². The Hall–Kier alpha value is -3.88. The number of aromatic nitrogens is 6. The Morgan fingerprint density at radius 3 is 2.74 bits per heavy atom. The highest BCUT2D eigenvalue weighted by atomic mass is 16.5. The minimum atomic E-state index is -0.753. The monoisotopic (exact) mass is 362 g/mol. The van der Waals surface area contributed by atoms with E-state index < -0.39 is 12.1 Å². The van der Waals surface area contributed by atoms with Crippen molar-refractivity contribution in [2.24, 2.45) is 0 Å². The number of fused-ring (bicyclic) bond motifs is 1. The highest BCUT2D eigenvalue weighted by Gasteiger charge is 2.20. The number of carbonyl (C=O) groups is 1. The number of hydrogen-bond donors (Lipinski definition) is 1. The van der Waals surface area contributed by atoms with Crippen LogP contribution in [0.1, 0.15) is 29.2 Å². The second kappa shape index (κ2) is 6.79. The number of nitrogens with zero attached hydrogens (tertiary/aromatic N) is 5. The second-order valence-electron chi connectivity index (χ2n) is 5.79. The molecule has 9 heteroatoms. The molecule has 27 heavy (non-hydrogen) atoms. The molecular weight excluding hydrogens is 348 g/mol. The largest absolute Gasteiger partial charge is 0.451 e. The number of carbonyl (C=O) groups excluding carboxylic acids is 1. The van der Waals surface area contributed by atoms with Gasteiger partial charge in [0.1, 0.15) is 6.33 Å². The zero-order chi connectivity index (χ0) is 18.8. The molecule has 4 rings (SSSR count). The molecule has 2 aromatic carbocycles. The number of benzene rings is 2. The van der Waals surface area contributed by atoms with Crippen LogP contribution in [-0.2, 0) is 4.74 Å². The normalized spacial score (nSPS) is 12.0. The van der Waals surface area contributed by atoms with Crippen LogP contribution < -0.4 is 5.56 Å². The van der Waals surface area contributed by atoms with Gasteiger partial charge in [-0.05, 0) is 41.6 Å². The van der Waals surface area contributed by atoms with Crippen molar-refractivity contribution in [2.45, 2.75) is 13.0 Å². The smallest absolute Gasteiger partial charge is 0.341 e. The summed E-state index contributed by atoms with van der Waals surface area (Å²) in [6.07, 6.45) is 0.634. The number of H-pyrrole nitrogens is 1. The molecule has 0 aliphatic rings. The predicted molar refractivity (Wildman–Crippen MR) is 95.3 cm³/mol. The Morgan fingerprint density at radius 1 is 1.15 bits per heavy atom. The molecule has 0 saturated carbocycles. The molecule has 2 aromatic heterocycles. The van der Waals surface area contributed by atoms with E-state index >= 15 is 0 Å². The number of aromatic amines is 1. The predicted octanol–water partition coefficient (Wildman–Crippen LogP) is 1.82. The molecule has 0 aliphatic heterocycles. The van der Waals surface area contributed by atoms with E-state index in [1.807, 2.05) is 0 Å². The van der Waals surface area contributed by atoms with Gasteiger partial charge < -0.3 is 9.72 Å². The lowest BCUT2D eigenvalue weighted by Gasteiger charge is -2.14. The summed E-state index contributed by atoms with van der Waals surface area (Å²) in [6.45, 7) is 1.64. The van der Waals surface area contributed by atoms with E-state index in [0.29, 0.717) is 22.2 Å². The maximum Gasteiger partial charge on any atom is 0.341 e. The molecule has 0 saturated heterocycles. The van der Waals surface area contributed by atoms with Crippen molar-refractivity contribution in [2.75, 3.05) is 0 Å². The molecule has 2 heterocycles. The van der Waals surface area contributed by atoms with Crippen LogP contribution in [0, 0.1) is 0 Å². The molecule has 1 atom stereocenters. The van der Waals surface area contributed by atoms with Gasteiger partial charge in [0.2, 0.25) is 0 Å². The summed E-state index contributed by atoms with van der Waals surface area (Å²) in [5.74, 6) is -0.309. The van der Waals surface area contributed by atoms with Gasteiger partial charge in [0.15, 0.2) is 11.9 Å². The zero-order valence-electron chi connectivity index (χ0n) is 14.2. The fraction of sp³-hybridized carbons (Fsp3) is 0.111. The fourth-order valence-electron chi connectivity index (χ4n) is 2.69.